The van der Waals surface area contributed by atoms with Crippen molar-refractivity contribution < 1.29 is 14.3 Å². The molecule has 25 heavy (non-hydrogen) atoms. The number of rotatable bonds is 3. The van der Waals surface area contributed by atoms with Gasteiger partial charge < -0.3 is 14.5 Å². The summed E-state index contributed by atoms with van der Waals surface area (Å²) >= 11 is 0. The Kier molecular flexibility index (Phi) is 4.14. The zero-order chi connectivity index (χ0) is 17.2. The third-order valence-electron chi connectivity index (χ3n) is 4.84. The number of anilines is 1. The average Bonchev–Trinajstić information content (AvgIpc) is 2.66. The Morgan fingerprint density at radius 1 is 1.04 bits per heavy atom. The van der Waals surface area contributed by atoms with Crippen LogP contribution in [0.15, 0.2) is 48.5 Å². The number of hydrogen-bond donors (Lipinski definition) is 0. The van der Waals surface area contributed by atoms with Crippen molar-refractivity contribution in [3.05, 3.63) is 59.7 Å². The van der Waals surface area contributed by atoms with Crippen molar-refractivity contribution >= 4 is 17.5 Å². The molecule has 0 aliphatic carbocycles. The van der Waals surface area contributed by atoms with Crippen LogP contribution >= 0.6 is 0 Å². The quantitative estimate of drug-likeness (QED) is 0.865. The third kappa shape index (κ3) is 3.09. The van der Waals surface area contributed by atoms with E-state index in [1.165, 1.54) is 11.1 Å². The summed E-state index contributed by atoms with van der Waals surface area (Å²) < 4.78 is 5.44. The van der Waals surface area contributed by atoms with E-state index in [2.05, 4.69) is 12.1 Å². The molecule has 2 heterocycles. The lowest BCUT2D eigenvalue weighted by Gasteiger charge is -2.31. The van der Waals surface area contributed by atoms with E-state index < -0.39 is 0 Å². The molecule has 2 amide bonds. The van der Waals surface area contributed by atoms with Gasteiger partial charge in [-0.15, -0.1) is 0 Å². The summed E-state index contributed by atoms with van der Waals surface area (Å²) in [5, 5.41) is 0. The van der Waals surface area contributed by atoms with Crippen LogP contribution in [-0.2, 0) is 22.6 Å². The van der Waals surface area contributed by atoms with Gasteiger partial charge in [0.1, 0.15) is 5.75 Å². The van der Waals surface area contributed by atoms with E-state index in [9.17, 15) is 9.59 Å². The lowest BCUT2D eigenvalue weighted by atomic mass is 10.00. The van der Waals surface area contributed by atoms with Gasteiger partial charge in [0.2, 0.25) is 5.91 Å². The van der Waals surface area contributed by atoms with Crippen LogP contribution in [0.1, 0.15) is 17.5 Å². The Hall–Kier alpha value is -2.82. The van der Waals surface area contributed by atoms with Gasteiger partial charge in [-0.1, -0.05) is 36.4 Å². The van der Waals surface area contributed by atoms with Gasteiger partial charge in [0.05, 0.1) is 5.69 Å². The first kappa shape index (κ1) is 15.7. The number of benzene rings is 2. The molecule has 2 aromatic carbocycles. The topological polar surface area (TPSA) is 49.9 Å². The minimum Gasteiger partial charge on any atom is -0.482 e. The van der Waals surface area contributed by atoms with Crippen molar-refractivity contribution in [2.45, 2.75) is 19.4 Å². The third-order valence-corrected chi connectivity index (χ3v) is 4.84. The van der Waals surface area contributed by atoms with E-state index >= 15 is 0 Å². The van der Waals surface area contributed by atoms with Crippen LogP contribution in [0.3, 0.4) is 0 Å². The lowest BCUT2D eigenvalue weighted by molar-refractivity contribution is -0.132. The van der Waals surface area contributed by atoms with Crippen molar-refractivity contribution in [3.63, 3.8) is 0 Å². The smallest absolute Gasteiger partial charge is 0.265 e. The minimum atomic E-state index is -0.101. The molecule has 2 aliphatic heterocycles. The van der Waals surface area contributed by atoms with Crippen LogP contribution in [-0.4, -0.2) is 36.4 Å². The first-order chi connectivity index (χ1) is 12.2. The van der Waals surface area contributed by atoms with Gasteiger partial charge in [0.15, 0.2) is 6.61 Å². The fraction of sp³-hybridized carbons (Fsp3) is 0.300. The normalized spacial score (nSPS) is 16.1. The second-order valence-electron chi connectivity index (χ2n) is 6.39. The van der Waals surface area contributed by atoms with Crippen molar-refractivity contribution in [2.75, 3.05) is 24.6 Å². The number of hydrogen-bond acceptors (Lipinski definition) is 3. The Bertz CT molecular complexity index is 818. The van der Waals surface area contributed by atoms with Gasteiger partial charge in [-0.3, -0.25) is 9.59 Å². The van der Waals surface area contributed by atoms with Crippen molar-refractivity contribution in [1.29, 1.82) is 0 Å². The number of carbonyl (C=O) groups excluding carboxylic acids is 2. The molecule has 0 saturated heterocycles. The number of nitrogens with zero attached hydrogens (tertiary/aromatic N) is 2. The molecule has 0 radical (unpaired) electrons. The summed E-state index contributed by atoms with van der Waals surface area (Å²) in [6.45, 7) is 1.81. The Labute approximate surface area is 146 Å². The van der Waals surface area contributed by atoms with Crippen LogP contribution in [0, 0.1) is 0 Å². The zero-order valence-corrected chi connectivity index (χ0v) is 14.0. The highest BCUT2D eigenvalue weighted by molar-refractivity contribution is 5.98. The maximum absolute atomic E-state index is 12.6. The molecule has 0 atom stereocenters. The molecule has 0 unspecified atom stereocenters. The molecule has 128 valence electrons. The maximum atomic E-state index is 12.6. The van der Waals surface area contributed by atoms with E-state index in [1.807, 2.05) is 41.3 Å². The van der Waals surface area contributed by atoms with Crippen LogP contribution in [0.25, 0.3) is 0 Å². The minimum absolute atomic E-state index is 0.0301. The van der Waals surface area contributed by atoms with Crippen LogP contribution in [0.2, 0.25) is 0 Å². The van der Waals surface area contributed by atoms with Gasteiger partial charge in [0.25, 0.3) is 5.91 Å². The molecular weight excluding hydrogens is 316 g/mol. The molecule has 0 spiro atoms. The Morgan fingerprint density at radius 2 is 1.80 bits per heavy atom. The summed E-state index contributed by atoms with van der Waals surface area (Å²) in [7, 11) is 0. The summed E-state index contributed by atoms with van der Waals surface area (Å²) in [5.41, 5.74) is 3.29. The second kappa shape index (κ2) is 6.59. The summed E-state index contributed by atoms with van der Waals surface area (Å²) in [6.07, 6.45) is 1.21. The largest absolute Gasteiger partial charge is 0.482 e. The van der Waals surface area contributed by atoms with Crippen molar-refractivity contribution in [2.24, 2.45) is 0 Å². The fourth-order valence-corrected chi connectivity index (χ4v) is 3.47. The Morgan fingerprint density at radius 3 is 2.68 bits per heavy atom. The SMILES string of the molecule is O=C(CCN1C(=O)COc2ccccc21)N1CCc2ccccc2C1. The highest BCUT2D eigenvalue weighted by atomic mass is 16.5. The molecular formula is C20H20N2O3. The highest BCUT2D eigenvalue weighted by Crippen LogP contribution is 2.31. The monoisotopic (exact) mass is 336 g/mol. The van der Waals surface area contributed by atoms with Crippen molar-refractivity contribution in [3.8, 4) is 5.75 Å². The number of ether oxygens (including phenoxy) is 1. The molecule has 2 aliphatic rings. The molecule has 5 nitrogen and oxygen atoms in total. The molecule has 0 fully saturated rings. The average molecular weight is 336 g/mol. The van der Waals surface area contributed by atoms with E-state index in [1.54, 1.807) is 4.90 Å². The molecule has 0 bridgehead atoms. The standard InChI is InChI=1S/C20H20N2O3/c23-19(21-11-9-15-5-1-2-6-16(15)13-21)10-12-22-17-7-3-4-8-18(17)25-14-20(22)24/h1-8H,9-14H2. The van der Waals surface area contributed by atoms with Gasteiger partial charge in [-0.2, -0.15) is 0 Å². The summed E-state index contributed by atoms with van der Waals surface area (Å²) in [5.74, 6) is 0.684. The number of para-hydroxylation sites is 2. The molecule has 4 rings (SSSR count). The van der Waals surface area contributed by atoms with Crippen LogP contribution in [0.4, 0.5) is 5.69 Å². The van der Waals surface area contributed by atoms with E-state index in [4.69, 9.17) is 4.74 Å². The first-order valence-electron chi connectivity index (χ1n) is 8.59. The van der Waals surface area contributed by atoms with E-state index in [0.29, 0.717) is 25.3 Å². The van der Waals surface area contributed by atoms with E-state index in [0.717, 1.165) is 18.7 Å². The van der Waals surface area contributed by atoms with Crippen LogP contribution in [0.5, 0.6) is 5.75 Å². The van der Waals surface area contributed by atoms with Gasteiger partial charge in [0, 0.05) is 26.1 Å². The summed E-state index contributed by atoms with van der Waals surface area (Å²) in [4.78, 5) is 28.4. The first-order valence-corrected chi connectivity index (χ1v) is 8.59. The zero-order valence-electron chi connectivity index (χ0n) is 14.0. The second-order valence-corrected chi connectivity index (χ2v) is 6.39. The van der Waals surface area contributed by atoms with Crippen LogP contribution < -0.4 is 9.64 Å². The number of amides is 2. The summed E-state index contributed by atoms with van der Waals surface area (Å²) in [6, 6.07) is 15.7. The van der Waals surface area contributed by atoms with Gasteiger partial charge >= 0.3 is 0 Å². The maximum Gasteiger partial charge on any atom is 0.265 e. The predicted octanol–water partition coefficient (Wildman–Crippen LogP) is 2.39. The number of carbonyl (C=O) groups is 2. The van der Waals surface area contributed by atoms with Gasteiger partial charge in [-0.05, 0) is 29.7 Å². The molecule has 0 aromatic heterocycles. The molecule has 0 N–H and O–H groups in total. The van der Waals surface area contributed by atoms with Gasteiger partial charge in [-0.25, -0.2) is 0 Å². The Balaban J connectivity index is 1.42. The number of fused-ring (bicyclic) bond motifs is 2. The van der Waals surface area contributed by atoms with E-state index in [-0.39, 0.29) is 18.4 Å². The fourth-order valence-electron chi connectivity index (χ4n) is 3.47. The highest BCUT2D eigenvalue weighted by Gasteiger charge is 2.27. The predicted molar refractivity (Wildman–Crippen MR) is 94.5 cm³/mol. The lowest BCUT2D eigenvalue weighted by Crippen LogP contribution is -2.42. The molecule has 5 heteroatoms. The molecule has 2 aromatic rings. The molecule has 0 saturated carbocycles. The van der Waals surface area contributed by atoms with Crippen molar-refractivity contribution in [1.82, 2.24) is 4.90 Å².